The third-order valence-electron chi connectivity index (χ3n) is 6.94. The summed E-state index contributed by atoms with van der Waals surface area (Å²) < 4.78 is 5.71. The van der Waals surface area contributed by atoms with E-state index in [2.05, 4.69) is 26.8 Å². The van der Waals surface area contributed by atoms with Gasteiger partial charge in [-0.25, -0.2) is 9.97 Å². The maximum atomic E-state index is 13.2. The van der Waals surface area contributed by atoms with E-state index in [1.54, 1.807) is 48.5 Å². The van der Waals surface area contributed by atoms with Crippen LogP contribution in [0, 0.1) is 0 Å². The second-order valence-electron chi connectivity index (χ2n) is 10.2. The largest absolute Gasteiger partial charge is 0.496 e. The van der Waals surface area contributed by atoms with Crippen molar-refractivity contribution in [2.45, 2.75) is 19.3 Å². The number of hydrogen-bond donors (Lipinski definition) is 1. The van der Waals surface area contributed by atoms with Gasteiger partial charge in [0.05, 0.1) is 18.5 Å². The van der Waals surface area contributed by atoms with Crippen LogP contribution in [0.15, 0.2) is 61.3 Å². The van der Waals surface area contributed by atoms with Crippen LogP contribution < -0.4 is 19.9 Å². The summed E-state index contributed by atoms with van der Waals surface area (Å²) in [6, 6.07) is 12.3. The van der Waals surface area contributed by atoms with Crippen LogP contribution in [0.4, 0.5) is 17.1 Å². The van der Waals surface area contributed by atoms with E-state index in [4.69, 9.17) is 4.74 Å². The number of anilines is 3. The second kappa shape index (κ2) is 13.2. The van der Waals surface area contributed by atoms with Crippen LogP contribution in [0.3, 0.4) is 0 Å². The van der Waals surface area contributed by atoms with Crippen LogP contribution in [0.5, 0.6) is 5.75 Å². The molecule has 1 aromatic heterocycles. The first-order valence-electron chi connectivity index (χ1n) is 13.5. The van der Waals surface area contributed by atoms with Crippen LogP contribution in [0.25, 0.3) is 0 Å². The first-order chi connectivity index (χ1) is 19.7. The number of aromatic nitrogens is 2. The molecule has 3 aromatic rings. The fourth-order valence-electron chi connectivity index (χ4n) is 4.66. The Morgan fingerprint density at radius 2 is 1.88 bits per heavy atom. The number of nitrogens with one attached hydrogen (secondary N) is 1. The quantitative estimate of drug-likeness (QED) is 0.267. The molecule has 1 aliphatic rings. The SMILES string of the molecule is C=CC(=O)Nc1cc(Cc2nccc(C(=O)c3ccc(N4CCCC4=O)cc3)n2)c(OC)cc1N(C)CCN(C)C. The molecule has 10 nitrogen and oxygen atoms in total. The Morgan fingerprint density at radius 3 is 2.51 bits per heavy atom. The third-order valence-corrected chi connectivity index (χ3v) is 6.94. The van der Waals surface area contributed by atoms with E-state index in [9.17, 15) is 14.4 Å². The maximum Gasteiger partial charge on any atom is 0.247 e. The molecule has 2 heterocycles. The van der Waals surface area contributed by atoms with E-state index in [0.717, 1.165) is 36.4 Å². The van der Waals surface area contributed by atoms with Crippen molar-refractivity contribution in [2.75, 3.05) is 63.0 Å². The van der Waals surface area contributed by atoms with E-state index in [-0.39, 0.29) is 29.7 Å². The summed E-state index contributed by atoms with van der Waals surface area (Å²) in [7, 11) is 7.55. The highest BCUT2D eigenvalue weighted by Gasteiger charge is 2.22. The minimum absolute atomic E-state index is 0.0976. The zero-order valence-corrected chi connectivity index (χ0v) is 24.0. The van der Waals surface area contributed by atoms with Crippen LogP contribution >= 0.6 is 0 Å². The van der Waals surface area contributed by atoms with E-state index < -0.39 is 0 Å². The highest BCUT2D eigenvalue weighted by Crippen LogP contribution is 2.34. The van der Waals surface area contributed by atoms with Gasteiger partial charge in [-0.3, -0.25) is 14.4 Å². The molecule has 0 radical (unpaired) electrons. The molecule has 1 fully saturated rings. The minimum Gasteiger partial charge on any atom is -0.496 e. The van der Waals surface area contributed by atoms with E-state index in [1.165, 1.54) is 6.08 Å². The molecule has 0 aliphatic carbocycles. The number of benzene rings is 2. The van der Waals surface area contributed by atoms with Crippen LogP contribution in [-0.2, 0) is 16.0 Å². The first-order valence-corrected chi connectivity index (χ1v) is 13.5. The number of carbonyl (C=O) groups is 3. The van der Waals surface area contributed by atoms with Gasteiger partial charge in [-0.2, -0.15) is 0 Å². The van der Waals surface area contributed by atoms with Crippen molar-refractivity contribution >= 4 is 34.7 Å². The molecule has 41 heavy (non-hydrogen) atoms. The zero-order valence-electron chi connectivity index (χ0n) is 24.0. The number of nitrogens with zero attached hydrogens (tertiary/aromatic N) is 5. The van der Waals surface area contributed by atoms with Gasteiger partial charge in [0.1, 0.15) is 17.3 Å². The van der Waals surface area contributed by atoms with Gasteiger partial charge in [-0.1, -0.05) is 6.58 Å². The molecule has 1 aliphatic heterocycles. The lowest BCUT2D eigenvalue weighted by atomic mass is 10.1. The molecule has 0 atom stereocenters. The molecule has 0 saturated carbocycles. The molecular formula is C31H36N6O4. The third kappa shape index (κ3) is 7.15. The van der Waals surface area contributed by atoms with Gasteiger partial charge in [-0.05, 0) is 63.0 Å². The highest BCUT2D eigenvalue weighted by atomic mass is 16.5. The molecule has 0 unspecified atom stereocenters. The summed E-state index contributed by atoms with van der Waals surface area (Å²) in [6.45, 7) is 5.81. The van der Waals surface area contributed by atoms with E-state index in [0.29, 0.717) is 35.8 Å². The predicted molar refractivity (Wildman–Crippen MR) is 160 cm³/mol. The molecule has 4 rings (SSSR count). The summed E-state index contributed by atoms with van der Waals surface area (Å²) >= 11 is 0. The van der Waals surface area contributed by atoms with E-state index in [1.807, 2.05) is 38.2 Å². The fourth-order valence-corrected chi connectivity index (χ4v) is 4.66. The van der Waals surface area contributed by atoms with Gasteiger partial charge in [-0.15, -0.1) is 0 Å². The number of methoxy groups -OCH3 is 1. The summed E-state index contributed by atoms with van der Waals surface area (Å²) in [5.41, 5.74) is 3.68. The Hall–Kier alpha value is -4.57. The van der Waals surface area contributed by atoms with Gasteiger partial charge in [0.15, 0.2) is 0 Å². The number of ketones is 1. The first kappa shape index (κ1) is 29.4. The molecule has 2 aromatic carbocycles. The average Bonchev–Trinajstić information content (AvgIpc) is 3.41. The Morgan fingerprint density at radius 1 is 1.12 bits per heavy atom. The Labute approximate surface area is 240 Å². The average molecular weight is 557 g/mol. The van der Waals surface area contributed by atoms with Gasteiger partial charge >= 0.3 is 0 Å². The van der Waals surface area contributed by atoms with Gasteiger partial charge in [0.2, 0.25) is 17.6 Å². The van der Waals surface area contributed by atoms with Crippen molar-refractivity contribution in [3.8, 4) is 5.75 Å². The van der Waals surface area contributed by atoms with Crippen LogP contribution in [0.1, 0.15) is 40.3 Å². The summed E-state index contributed by atoms with van der Waals surface area (Å²) in [4.78, 5) is 52.3. The lowest BCUT2D eigenvalue weighted by Crippen LogP contribution is -2.29. The number of ether oxygens (including phenoxy) is 1. The van der Waals surface area contributed by atoms with Crippen molar-refractivity contribution in [3.05, 3.63) is 84.0 Å². The molecule has 2 amide bonds. The maximum absolute atomic E-state index is 13.2. The van der Waals surface area contributed by atoms with Gasteiger partial charge in [0, 0.05) is 68.6 Å². The minimum atomic E-state index is -0.327. The van der Waals surface area contributed by atoms with Crippen LogP contribution in [-0.4, -0.2) is 80.4 Å². The lowest BCUT2D eigenvalue weighted by molar-refractivity contribution is -0.117. The van der Waals surface area contributed by atoms with Gasteiger partial charge < -0.3 is 24.8 Å². The molecule has 214 valence electrons. The highest BCUT2D eigenvalue weighted by molar-refractivity contribution is 6.08. The van der Waals surface area contributed by atoms with Crippen molar-refractivity contribution in [2.24, 2.45) is 0 Å². The number of amides is 2. The summed E-state index contributed by atoms with van der Waals surface area (Å²) in [5, 5.41) is 2.90. The van der Waals surface area contributed by atoms with E-state index >= 15 is 0 Å². The number of likely N-dealkylation sites (N-methyl/N-ethyl adjacent to an activating group) is 2. The van der Waals surface area contributed by atoms with Crippen molar-refractivity contribution in [3.63, 3.8) is 0 Å². The van der Waals surface area contributed by atoms with Crippen LogP contribution in [0.2, 0.25) is 0 Å². The lowest BCUT2D eigenvalue weighted by Gasteiger charge is -2.25. The molecule has 1 N–H and O–H groups in total. The molecule has 1 saturated heterocycles. The van der Waals surface area contributed by atoms with Crippen molar-refractivity contribution in [1.82, 2.24) is 14.9 Å². The number of rotatable bonds is 12. The van der Waals surface area contributed by atoms with Crippen molar-refractivity contribution in [1.29, 1.82) is 0 Å². The second-order valence-corrected chi connectivity index (χ2v) is 10.2. The zero-order chi connectivity index (χ0) is 29.5. The predicted octanol–water partition coefficient (Wildman–Crippen LogP) is 3.56. The monoisotopic (exact) mass is 556 g/mol. The smallest absolute Gasteiger partial charge is 0.247 e. The fraction of sp³-hybridized carbons (Fsp3) is 0.323. The molecule has 0 bridgehead atoms. The standard InChI is InChI=1S/C31H36N6O4/c1-6-29(38)34-25-18-22(27(41-5)20-26(25)36(4)17-16-35(2)3)19-28-32-14-13-24(33-28)31(40)21-9-11-23(12-10-21)37-15-7-8-30(37)39/h6,9-14,18,20H,1,7-8,15-17,19H2,2-5H3,(H,34,38). The summed E-state index contributed by atoms with van der Waals surface area (Å²) in [6.07, 6.45) is 4.45. The Balaban J connectivity index is 1.59. The molecule has 0 spiro atoms. The number of carbonyl (C=O) groups excluding carboxylic acids is 3. The number of hydrogen-bond acceptors (Lipinski definition) is 8. The van der Waals surface area contributed by atoms with Gasteiger partial charge in [0.25, 0.3) is 0 Å². The normalized spacial score (nSPS) is 12.9. The topological polar surface area (TPSA) is 108 Å². The molecular weight excluding hydrogens is 520 g/mol. The van der Waals surface area contributed by atoms with Crippen molar-refractivity contribution < 1.29 is 19.1 Å². The summed E-state index contributed by atoms with van der Waals surface area (Å²) in [5.74, 6) is 0.577. The Kier molecular flexibility index (Phi) is 9.46. The Bertz CT molecular complexity index is 1440. The molecule has 10 heteroatoms.